The lowest BCUT2D eigenvalue weighted by atomic mass is 10.00. The smallest absolute Gasteiger partial charge is 0.480 e. The van der Waals surface area contributed by atoms with Gasteiger partial charge in [0, 0.05) is 5.56 Å². The molecule has 0 aliphatic rings. The number of nitrogens with one attached hydrogen (secondary N) is 1. The molecule has 0 fully saturated rings. The second-order valence-corrected chi connectivity index (χ2v) is 7.62. The molecule has 0 radical (unpaired) electrons. The highest BCUT2D eigenvalue weighted by molar-refractivity contribution is 7.89. The molecule has 0 saturated carbocycles. The topological polar surface area (TPSA) is 167 Å². The third-order valence-electron chi connectivity index (χ3n) is 3.78. The van der Waals surface area contributed by atoms with Crippen molar-refractivity contribution in [3.63, 3.8) is 0 Å². The fourth-order valence-corrected chi connectivity index (χ4v) is 3.52. The van der Waals surface area contributed by atoms with Crippen molar-refractivity contribution in [1.82, 2.24) is 9.88 Å². The van der Waals surface area contributed by atoms with Gasteiger partial charge in [0.05, 0.1) is 10.5 Å². The number of nitrogens with zero attached hydrogens (tertiary/aromatic N) is 1. The molecule has 0 bridgehead atoms. The Morgan fingerprint density at radius 3 is 2.07 bits per heavy atom. The molecule has 158 valence electrons. The van der Waals surface area contributed by atoms with Crippen molar-refractivity contribution in [2.75, 3.05) is 6.54 Å². The van der Waals surface area contributed by atoms with E-state index in [4.69, 9.17) is 24.6 Å². The normalized spacial score (nSPS) is 10.7. The van der Waals surface area contributed by atoms with Crippen LogP contribution in [0, 0.1) is 6.92 Å². The van der Waals surface area contributed by atoms with Crippen LogP contribution in [0.25, 0.3) is 22.4 Å². The van der Waals surface area contributed by atoms with Gasteiger partial charge in [-0.2, -0.15) is 4.72 Å². The molecule has 0 saturated heterocycles. The highest BCUT2D eigenvalue weighted by Crippen LogP contribution is 2.34. The number of carboxylic acid groups (broad SMARTS) is 3. The molecule has 0 aliphatic heterocycles. The fourth-order valence-electron chi connectivity index (χ4n) is 2.55. The van der Waals surface area contributed by atoms with E-state index in [1.807, 2.05) is 35.1 Å². The van der Waals surface area contributed by atoms with E-state index in [1.165, 1.54) is 12.1 Å². The zero-order valence-electron chi connectivity index (χ0n) is 15.6. The van der Waals surface area contributed by atoms with Crippen LogP contribution in [0.4, 0.5) is 4.79 Å². The molecule has 0 unspecified atom stereocenters. The van der Waals surface area contributed by atoms with E-state index in [0.29, 0.717) is 11.5 Å². The Balaban J connectivity index is 0.000000735. The third-order valence-corrected chi connectivity index (χ3v) is 5.19. The Morgan fingerprint density at radius 1 is 0.967 bits per heavy atom. The number of sulfonamides is 1. The summed E-state index contributed by atoms with van der Waals surface area (Å²) in [6, 6.07) is 15.6. The van der Waals surface area contributed by atoms with Gasteiger partial charge in [-0.25, -0.2) is 13.2 Å². The van der Waals surface area contributed by atoms with Gasteiger partial charge in [-0.3, -0.25) is 4.79 Å². The van der Waals surface area contributed by atoms with Crippen LogP contribution in [0.3, 0.4) is 0 Å². The summed E-state index contributed by atoms with van der Waals surface area (Å²) >= 11 is 0. The molecule has 10 nitrogen and oxygen atoms in total. The number of hydrogen-bond donors (Lipinski definition) is 4. The van der Waals surface area contributed by atoms with Crippen molar-refractivity contribution in [2.24, 2.45) is 0 Å². The zero-order chi connectivity index (χ0) is 22.3. The Bertz CT molecular complexity index is 1120. The first-order valence-electron chi connectivity index (χ1n) is 8.37. The zero-order valence-corrected chi connectivity index (χ0v) is 16.5. The van der Waals surface area contributed by atoms with E-state index in [0.717, 1.165) is 16.7 Å². The molecule has 1 heterocycles. The van der Waals surface area contributed by atoms with E-state index >= 15 is 0 Å². The van der Waals surface area contributed by atoms with E-state index in [9.17, 15) is 13.2 Å². The van der Waals surface area contributed by atoms with Gasteiger partial charge in [0.2, 0.25) is 10.0 Å². The Morgan fingerprint density at radius 2 is 1.53 bits per heavy atom. The maximum Gasteiger partial charge on any atom is 0.503 e. The van der Waals surface area contributed by atoms with Crippen molar-refractivity contribution in [2.45, 2.75) is 11.8 Å². The van der Waals surface area contributed by atoms with Crippen molar-refractivity contribution in [1.29, 1.82) is 0 Å². The van der Waals surface area contributed by atoms with E-state index in [1.54, 1.807) is 19.1 Å². The SMILES string of the molecule is Cc1onc(-c2ccccc2)c1-c1ccc(S(=O)(=O)NCC(=O)O)cc1.O=C(O)O. The molecular weight excluding hydrogens is 416 g/mol. The summed E-state index contributed by atoms with van der Waals surface area (Å²) < 4.78 is 31.5. The molecule has 0 amide bonds. The van der Waals surface area contributed by atoms with E-state index < -0.39 is 28.7 Å². The fraction of sp³-hybridized carbons (Fsp3) is 0.105. The van der Waals surface area contributed by atoms with E-state index in [-0.39, 0.29) is 4.90 Å². The number of hydrogen-bond acceptors (Lipinski definition) is 6. The Labute approximate surface area is 171 Å². The standard InChI is InChI=1S/C18H16N2O5S.CH2O3/c1-12-17(18(20-25-12)14-5-3-2-4-6-14)13-7-9-15(10-8-13)26(23,24)19-11-16(21)22;2-1(3)4/h2-10,19H,11H2,1H3,(H,21,22);(H2,2,3,4). The molecule has 30 heavy (non-hydrogen) atoms. The minimum atomic E-state index is -3.88. The Hall–Kier alpha value is -3.70. The number of benzene rings is 2. The van der Waals surface area contributed by atoms with Gasteiger partial charge in [-0.05, 0) is 24.6 Å². The summed E-state index contributed by atoms with van der Waals surface area (Å²) in [5.74, 6) is -0.638. The number of aryl methyl sites for hydroxylation is 1. The molecule has 2 aromatic carbocycles. The predicted molar refractivity (Wildman–Crippen MR) is 106 cm³/mol. The van der Waals surface area contributed by atoms with Gasteiger partial charge < -0.3 is 19.8 Å². The summed E-state index contributed by atoms with van der Waals surface area (Å²) in [7, 11) is -3.88. The first-order valence-corrected chi connectivity index (χ1v) is 9.85. The summed E-state index contributed by atoms with van der Waals surface area (Å²) in [4.78, 5) is 19.1. The predicted octanol–water partition coefficient (Wildman–Crippen LogP) is 2.90. The third kappa shape index (κ3) is 5.90. The van der Waals surface area contributed by atoms with Crippen molar-refractivity contribution < 1.29 is 37.8 Å². The lowest BCUT2D eigenvalue weighted by molar-refractivity contribution is -0.135. The minimum Gasteiger partial charge on any atom is -0.480 e. The van der Waals surface area contributed by atoms with Crippen LogP contribution < -0.4 is 4.72 Å². The van der Waals surface area contributed by atoms with Crippen molar-refractivity contribution in [3.8, 4) is 22.4 Å². The van der Waals surface area contributed by atoms with Gasteiger partial charge in [0.15, 0.2) is 0 Å². The van der Waals surface area contributed by atoms with Crippen LogP contribution in [-0.4, -0.2) is 47.6 Å². The summed E-state index contributed by atoms with van der Waals surface area (Å²) in [6.07, 6.45) is -1.83. The molecule has 11 heteroatoms. The van der Waals surface area contributed by atoms with Gasteiger partial charge in [0.1, 0.15) is 18.0 Å². The Kier molecular flexibility index (Phi) is 7.28. The van der Waals surface area contributed by atoms with Crippen molar-refractivity contribution in [3.05, 3.63) is 60.4 Å². The average Bonchev–Trinajstić information content (AvgIpc) is 3.08. The first kappa shape index (κ1) is 22.6. The number of aliphatic carboxylic acids is 1. The molecular formula is C19H18N2O8S. The van der Waals surface area contributed by atoms with Gasteiger partial charge in [-0.1, -0.05) is 47.6 Å². The maximum absolute atomic E-state index is 12.1. The highest BCUT2D eigenvalue weighted by Gasteiger charge is 2.19. The molecule has 3 rings (SSSR count). The number of carbonyl (C=O) groups is 2. The summed E-state index contributed by atoms with van der Waals surface area (Å²) in [5.41, 5.74) is 3.08. The van der Waals surface area contributed by atoms with Crippen LogP contribution in [0.1, 0.15) is 5.76 Å². The van der Waals surface area contributed by atoms with Crippen LogP contribution in [0.5, 0.6) is 0 Å². The largest absolute Gasteiger partial charge is 0.503 e. The van der Waals surface area contributed by atoms with Crippen LogP contribution in [0.15, 0.2) is 64.0 Å². The lowest BCUT2D eigenvalue weighted by Crippen LogP contribution is -2.29. The molecule has 4 N–H and O–H groups in total. The van der Waals surface area contributed by atoms with Gasteiger partial charge >= 0.3 is 12.1 Å². The van der Waals surface area contributed by atoms with Gasteiger partial charge in [0.25, 0.3) is 0 Å². The first-order chi connectivity index (χ1) is 14.1. The number of rotatable bonds is 6. The van der Waals surface area contributed by atoms with Crippen LogP contribution >= 0.6 is 0 Å². The monoisotopic (exact) mass is 434 g/mol. The van der Waals surface area contributed by atoms with Crippen LogP contribution in [-0.2, 0) is 14.8 Å². The highest BCUT2D eigenvalue weighted by atomic mass is 32.2. The molecule has 0 aliphatic carbocycles. The summed E-state index contributed by atoms with van der Waals surface area (Å²) in [6.45, 7) is 1.11. The summed E-state index contributed by atoms with van der Waals surface area (Å²) in [5, 5.41) is 26.7. The van der Waals surface area contributed by atoms with E-state index in [2.05, 4.69) is 5.16 Å². The number of aromatic nitrogens is 1. The van der Waals surface area contributed by atoms with Gasteiger partial charge in [-0.15, -0.1) is 0 Å². The average molecular weight is 434 g/mol. The second-order valence-electron chi connectivity index (χ2n) is 5.85. The molecule has 1 aromatic heterocycles. The van der Waals surface area contributed by atoms with Crippen LogP contribution in [0.2, 0.25) is 0 Å². The molecule has 3 aromatic rings. The number of carboxylic acids is 1. The second kappa shape index (κ2) is 9.67. The lowest BCUT2D eigenvalue weighted by Gasteiger charge is -2.07. The molecule has 0 atom stereocenters. The quantitative estimate of drug-likeness (QED) is 0.456. The minimum absolute atomic E-state index is 0.0159. The maximum atomic E-state index is 12.1. The molecule has 0 spiro atoms. The van der Waals surface area contributed by atoms with Crippen molar-refractivity contribution >= 4 is 22.1 Å².